The second-order valence-corrected chi connectivity index (χ2v) is 5.06. The van der Waals surface area contributed by atoms with Gasteiger partial charge in [-0.05, 0) is 44.4 Å². The SMILES string of the molecule is CC(C)(F)c1ccccc1C1CCCCN1. The Morgan fingerprint density at radius 1 is 1.25 bits per heavy atom. The Morgan fingerprint density at radius 2 is 2.00 bits per heavy atom. The van der Waals surface area contributed by atoms with E-state index in [4.69, 9.17) is 0 Å². The number of alkyl halides is 1. The number of rotatable bonds is 2. The van der Waals surface area contributed by atoms with Crippen LogP contribution in [0, 0.1) is 0 Å². The van der Waals surface area contributed by atoms with Crippen LogP contribution in [-0.2, 0) is 5.67 Å². The molecule has 1 atom stereocenters. The van der Waals surface area contributed by atoms with Gasteiger partial charge in [-0.15, -0.1) is 0 Å². The highest BCUT2D eigenvalue weighted by molar-refractivity contribution is 5.34. The number of piperidine rings is 1. The average molecular weight is 221 g/mol. The van der Waals surface area contributed by atoms with Crippen LogP contribution in [0.3, 0.4) is 0 Å². The second-order valence-electron chi connectivity index (χ2n) is 5.06. The molecule has 1 aromatic carbocycles. The fourth-order valence-corrected chi connectivity index (χ4v) is 2.46. The molecule has 1 aliphatic heterocycles. The quantitative estimate of drug-likeness (QED) is 0.802. The maximum absolute atomic E-state index is 14.1. The highest BCUT2D eigenvalue weighted by Crippen LogP contribution is 2.33. The summed E-state index contributed by atoms with van der Waals surface area (Å²) >= 11 is 0. The van der Waals surface area contributed by atoms with Gasteiger partial charge in [0.25, 0.3) is 0 Å². The lowest BCUT2D eigenvalue weighted by Gasteiger charge is -2.28. The number of hydrogen-bond donors (Lipinski definition) is 1. The fourth-order valence-electron chi connectivity index (χ4n) is 2.46. The minimum Gasteiger partial charge on any atom is -0.310 e. The molecule has 1 fully saturated rings. The third kappa shape index (κ3) is 2.43. The van der Waals surface area contributed by atoms with Gasteiger partial charge < -0.3 is 5.32 Å². The Morgan fingerprint density at radius 3 is 2.62 bits per heavy atom. The molecule has 1 aliphatic rings. The van der Waals surface area contributed by atoms with Crippen LogP contribution in [-0.4, -0.2) is 6.54 Å². The number of halogens is 1. The predicted molar refractivity (Wildman–Crippen MR) is 65.2 cm³/mol. The van der Waals surface area contributed by atoms with E-state index in [1.807, 2.05) is 18.2 Å². The molecule has 1 aromatic rings. The lowest BCUT2D eigenvalue weighted by molar-refractivity contribution is 0.217. The molecule has 0 bridgehead atoms. The van der Waals surface area contributed by atoms with E-state index < -0.39 is 5.67 Å². The minimum atomic E-state index is -1.25. The number of nitrogens with one attached hydrogen (secondary N) is 1. The maximum Gasteiger partial charge on any atom is 0.130 e. The van der Waals surface area contributed by atoms with Gasteiger partial charge in [0.05, 0.1) is 0 Å². The van der Waals surface area contributed by atoms with Crippen molar-refractivity contribution in [2.24, 2.45) is 0 Å². The summed E-state index contributed by atoms with van der Waals surface area (Å²) in [6.45, 7) is 4.31. The smallest absolute Gasteiger partial charge is 0.130 e. The molecular formula is C14H20FN. The van der Waals surface area contributed by atoms with E-state index in [2.05, 4.69) is 11.4 Å². The van der Waals surface area contributed by atoms with Gasteiger partial charge in [-0.25, -0.2) is 4.39 Å². The van der Waals surface area contributed by atoms with E-state index in [0.29, 0.717) is 6.04 Å². The molecule has 0 saturated carbocycles. The van der Waals surface area contributed by atoms with Crippen molar-refractivity contribution in [2.45, 2.75) is 44.8 Å². The lowest BCUT2D eigenvalue weighted by Crippen LogP contribution is -2.29. The van der Waals surface area contributed by atoms with Crippen molar-refractivity contribution in [1.29, 1.82) is 0 Å². The first kappa shape index (κ1) is 11.6. The molecule has 2 rings (SSSR count). The van der Waals surface area contributed by atoms with Gasteiger partial charge in [0, 0.05) is 6.04 Å². The molecule has 0 radical (unpaired) electrons. The van der Waals surface area contributed by atoms with Gasteiger partial charge in [0.15, 0.2) is 0 Å². The van der Waals surface area contributed by atoms with E-state index in [1.54, 1.807) is 13.8 Å². The maximum atomic E-state index is 14.1. The van der Waals surface area contributed by atoms with Gasteiger partial charge in [0.1, 0.15) is 5.67 Å². The Kier molecular flexibility index (Phi) is 3.29. The van der Waals surface area contributed by atoms with Gasteiger partial charge >= 0.3 is 0 Å². The zero-order valence-electron chi connectivity index (χ0n) is 10.1. The summed E-state index contributed by atoms with van der Waals surface area (Å²) in [5.74, 6) is 0. The molecule has 1 nitrogen and oxygen atoms in total. The summed E-state index contributed by atoms with van der Waals surface area (Å²) < 4.78 is 14.1. The van der Waals surface area contributed by atoms with Crippen molar-refractivity contribution in [3.63, 3.8) is 0 Å². The highest BCUT2D eigenvalue weighted by Gasteiger charge is 2.26. The summed E-state index contributed by atoms with van der Waals surface area (Å²) in [6.07, 6.45) is 3.59. The summed E-state index contributed by atoms with van der Waals surface area (Å²) in [7, 11) is 0. The monoisotopic (exact) mass is 221 g/mol. The molecule has 16 heavy (non-hydrogen) atoms. The van der Waals surface area contributed by atoms with Gasteiger partial charge in [0.2, 0.25) is 0 Å². The Bertz CT molecular complexity index is 348. The zero-order chi connectivity index (χ0) is 11.6. The standard InChI is InChI=1S/C14H20FN/c1-14(2,15)12-8-4-3-7-11(12)13-9-5-6-10-16-13/h3-4,7-8,13,16H,5-6,9-10H2,1-2H3. The van der Waals surface area contributed by atoms with Crippen molar-refractivity contribution >= 4 is 0 Å². The molecule has 1 saturated heterocycles. The third-order valence-electron chi connectivity index (χ3n) is 3.29. The van der Waals surface area contributed by atoms with Crippen molar-refractivity contribution < 1.29 is 4.39 Å². The van der Waals surface area contributed by atoms with Crippen LogP contribution >= 0.6 is 0 Å². The third-order valence-corrected chi connectivity index (χ3v) is 3.29. The molecule has 1 unspecified atom stereocenters. The van der Waals surface area contributed by atoms with E-state index >= 15 is 0 Å². The molecule has 0 aliphatic carbocycles. The number of benzene rings is 1. The molecule has 0 spiro atoms. The van der Waals surface area contributed by atoms with Crippen LogP contribution in [0.5, 0.6) is 0 Å². The number of hydrogen-bond acceptors (Lipinski definition) is 1. The molecule has 88 valence electrons. The van der Waals surface area contributed by atoms with E-state index in [-0.39, 0.29) is 0 Å². The van der Waals surface area contributed by atoms with Crippen LogP contribution < -0.4 is 5.32 Å². The zero-order valence-corrected chi connectivity index (χ0v) is 10.1. The van der Waals surface area contributed by atoms with Crippen molar-refractivity contribution in [1.82, 2.24) is 5.32 Å². The first-order valence-corrected chi connectivity index (χ1v) is 6.11. The largest absolute Gasteiger partial charge is 0.310 e. The van der Waals surface area contributed by atoms with Gasteiger partial charge in [-0.1, -0.05) is 30.7 Å². The summed E-state index contributed by atoms with van der Waals surface area (Å²) in [5.41, 5.74) is 0.708. The van der Waals surface area contributed by atoms with Crippen LogP contribution in [0.1, 0.15) is 50.3 Å². The lowest BCUT2D eigenvalue weighted by atomic mass is 9.88. The molecule has 2 heteroatoms. The first-order valence-electron chi connectivity index (χ1n) is 6.11. The predicted octanol–water partition coefficient (Wildman–Crippen LogP) is 3.71. The normalized spacial score (nSPS) is 22.1. The topological polar surface area (TPSA) is 12.0 Å². The van der Waals surface area contributed by atoms with Crippen molar-refractivity contribution in [2.75, 3.05) is 6.54 Å². The Hall–Kier alpha value is -0.890. The van der Waals surface area contributed by atoms with Crippen LogP contribution in [0.15, 0.2) is 24.3 Å². The summed E-state index contributed by atoms with van der Waals surface area (Å²) in [6, 6.07) is 8.22. The molecule has 0 amide bonds. The van der Waals surface area contributed by atoms with Crippen LogP contribution in [0.2, 0.25) is 0 Å². The second kappa shape index (κ2) is 4.54. The summed E-state index contributed by atoms with van der Waals surface area (Å²) in [5, 5.41) is 3.48. The van der Waals surface area contributed by atoms with E-state index in [1.165, 1.54) is 12.8 Å². The van der Waals surface area contributed by atoms with Gasteiger partial charge in [-0.3, -0.25) is 0 Å². The Labute approximate surface area is 97.1 Å². The highest BCUT2D eigenvalue weighted by atomic mass is 19.1. The fraction of sp³-hybridized carbons (Fsp3) is 0.571. The van der Waals surface area contributed by atoms with Crippen LogP contribution in [0.25, 0.3) is 0 Å². The molecule has 1 heterocycles. The summed E-state index contributed by atoms with van der Waals surface area (Å²) in [4.78, 5) is 0. The van der Waals surface area contributed by atoms with Crippen molar-refractivity contribution in [3.05, 3.63) is 35.4 Å². The molecule has 0 aromatic heterocycles. The molecule has 1 N–H and O–H groups in total. The average Bonchev–Trinajstić information content (AvgIpc) is 2.29. The first-order chi connectivity index (χ1) is 7.59. The van der Waals surface area contributed by atoms with Gasteiger partial charge in [-0.2, -0.15) is 0 Å². The Balaban J connectivity index is 2.32. The van der Waals surface area contributed by atoms with Crippen LogP contribution in [0.4, 0.5) is 4.39 Å². The van der Waals surface area contributed by atoms with Crippen molar-refractivity contribution in [3.8, 4) is 0 Å². The minimum absolute atomic E-state index is 0.333. The molecular weight excluding hydrogens is 201 g/mol. The van der Waals surface area contributed by atoms with E-state index in [0.717, 1.165) is 24.1 Å². The van der Waals surface area contributed by atoms with E-state index in [9.17, 15) is 4.39 Å².